The van der Waals surface area contributed by atoms with Crippen molar-refractivity contribution in [1.82, 2.24) is 4.98 Å². The van der Waals surface area contributed by atoms with Gasteiger partial charge in [0.15, 0.2) is 0 Å². The Labute approximate surface area is 156 Å². The predicted octanol–water partition coefficient (Wildman–Crippen LogP) is 5.45. The van der Waals surface area contributed by atoms with Crippen molar-refractivity contribution in [1.29, 1.82) is 0 Å². The summed E-state index contributed by atoms with van der Waals surface area (Å²) in [6, 6.07) is 22.0. The Morgan fingerprint density at radius 3 is 2.77 bits per heavy atom. The van der Waals surface area contributed by atoms with Gasteiger partial charge in [0, 0.05) is 15.8 Å². The average Bonchev–Trinajstić information content (AvgIpc) is 3.14. The highest BCUT2D eigenvalue weighted by Gasteiger charge is 2.11. The van der Waals surface area contributed by atoms with E-state index in [1.54, 1.807) is 11.3 Å². The van der Waals surface area contributed by atoms with E-state index in [4.69, 9.17) is 4.98 Å². The second-order valence-corrected chi connectivity index (χ2v) is 7.27. The Balaban J connectivity index is 1.65. The first-order valence-electron chi connectivity index (χ1n) is 8.48. The molecule has 4 heteroatoms. The van der Waals surface area contributed by atoms with Gasteiger partial charge in [-0.3, -0.25) is 4.79 Å². The predicted molar refractivity (Wildman–Crippen MR) is 109 cm³/mol. The van der Waals surface area contributed by atoms with Crippen LogP contribution >= 0.6 is 11.3 Å². The summed E-state index contributed by atoms with van der Waals surface area (Å²) >= 11 is 1.59. The van der Waals surface area contributed by atoms with Crippen LogP contribution in [0.3, 0.4) is 0 Å². The molecule has 1 N–H and O–H groups in total. The highest BCUT2D eigenvalue weighted by Crippen LogP contribution is 2.28. The number of aromatic nitrogens is 1. The zero-order valence-corrected chi connectivity index (χ0v) is 15.2. The van der Waals surface area contributed by atoms with Crippen LogP contribution in [-0.2, 0) is 11.2 Å². The molecule has 0 saturated carbocycles. The van der Waals surface area contributed by atoms with E-state index in [-0.39, 0.29) is 5.91 Å². The number of hydrogen-bond acceptors (Lipinski definition) is 3. The molecule has 1 amide bonds. The number of nitrogens with zero attached hydrogens (tertiary/aromatic N) is 1. The maximum Gasteiger partial charge on any atom is 0.229 e. The summed E-state index contributed by atoms with van der Waals surface area (Å²) in [7, 11) is 0. The topological polar surface area (TPSA) is 42.0 Å². The number of rotatable bonds is 4. The van der Waals surface area contributed by atoms with Crippen LogP contribution in [0, 0.1) is 6.92 Å². The van der Waals surface area contributed by atoms with Crippen molar-refractivity contribution in [2.75, 3.05) is 5.32 Å². The Morgan fingerprint density at radius 1 is 1.04 bits per heavy atom. The molecule has 4 aromatic rings. The van der Waals surface area contributed by atoms with Crippen LogP contribution in [0.5, 0.6) is 0 Å². The van der Waals surface area contributed by atoms with Crippen LogP contribution in [0.1, 0.15) is 10.4 Å². The lowest BCUT2D eigenvalue weighted by molar-refractivity contribution is -0.115. The minimum Gasteiger partial charge on any atom is -0.325 e. The van der Waals surface area contributed by atoms with Gasteiger partial charge >= 0.3 is 0 Å². The summed E-state index contributed by atoms with van der Waals surface area (Å²) in [6.45, 7) is 2.08. The molecular formula is C22H18N2OS. The minimum atomic E-state index is -0.0173. The molecule has 0 spiro atoms. The molecular weight excluding hydrogens is 340 g/mol. The van der Waals surface area contributed by atoms with Crippen LogP contribution in [-0.4, -0.2) is 10.9 Å². The quantitative estimate of drug-likeness (QED) is 0.527. The second-order valence-electron chi connectivity index (χ2n) is 6.24. The van der Waals surface area contributed by atoms with E-state index in [0.29, 0.717) is 6.42 Å². The lowest BCUT2D eigenvalue weighted by Gasteiger charge is -2.11. The van der Waals surface area contributed by atoms with Gasteiger partial charge in [0.1, 0.15) is 0 Å². The maximum absolute atomic E-state index is 12.4. The number of nitrogens with one attached hydrogen (secondary N) is 1. The third-order valence-electron chi connectivity index (χ3n) is 4.24. The van der Waals surface area contributed by atoms with Gasteiger partial charge in [-0.1, -0.05) is 42.0 Å². The smallest absolute Gasteiger partial charge is 0.229 e. The van der Waals surface area contributed by atoms with Crippen molar-refractivity contribution < 1.29 is 4.79 Å². The highest BCUT2D eigenvalue weighted by atomic mass is 32.1. The van der Waals surface area contributed by atoms with E-state index in [9.17, 15) is 4.79 Å². The molecule has 0 saturated heterocycles. The first-order chi connectivity index (χ1) is 12.7. The van der Waals surface area contributed by atoms with Crippen LogP contribution in [0.4, 0.5) is 5.69 Å². The van der Waals surface area contributed by atoms with Crippen LogP contribution in [0.15, 0.2) is 72.1 Å². The summed E-state index contributed by atoms with van der Waals surface area (Å²) in [5.74, 6) is -0.0173. The van der Waals surface area contributed by atoms with Gasteiger partial charge in [0.2, 0.25) is 5.91 Å². The Bertz CT molecular complexity index is 1070. The third-order valence-corrected chi connectivity index (χ3v) is 5.11. The summed E-state index contributed by atoms with van der Waals surface area (Å²) in [6.07, 6.45) is 0.385. The number of aryl methyl sites for hydroxylation is 1. The fraction of sp³-hybridized carbons (Fsp3) is 0.0909. The number of carbonyl (C=O) groups excluding carboxylic acids is 1. The monoisotopic (exact) mass is 358 g/mol. The summed E-state index contributed by atoms with van der Waals surface area (Å²) in [5, 5.41) is 6.13. The Kier molecular flexibility index (Phi) is 4.50. The maximum atomic E-state index is 12.4. The number of amides is 1. The molecule has 3 nitrogen and oxygen atoms in total. The molecule has 2 aromatic carbocycles. The molecule has 0 unspecified atom stereocenters. The number of pyridine rings is 1. The lowest BCUT2D eigenvalue weighted by atomic mass is 10.1. The van der Waals surface area contributed by atoms with Crippen molar-refractivity contribution in [3.8, 4) is 11.3 Å². The fourth-order valence-corrected chi connectivity index (χ4v) is 3.68. The number of thiophene rings is 1. The van der Waals surface area contributed by atoms with Crippen LogP contribution in [0.25, 0.3) is 22.2 Å². The standard InChI is InChI=1S/C22H18N2OS/c1-15-8-10-19-16(13-15)9-11-21(23-19)18-6-2-3-7-20(18)24-22(25)14-17-5-4-12-26-17/h2-13H,14H2,1H3,(H,24,25). The van der Waals surface area contributed by atoms with Gasteiger partial charge in [0.25, 0.3) is 0 Å². The summed E-state index contributed by atoms with van der Waals surface area (Å²) in [4.78, 5) is 18.2. The molecule has 2 aromatic heterocycles. The SMILES string of the molecule is Cc1ccc2nc(-c3ccccc3NC(=O)Cc3cccs3)ccc2c1. The highest BCUT2D eigenvalue weighted by molar-refractivity contribution is 7.10. The number of hydrogen-bond donors (Lipinski definition) is 1. The van der Waals surface area contributed by atoms with E-state index in [2.05, 4.69) is 30.4 Å². The summed E-state index contributed by atoms with van der Waals surface area (Å²) < 4.78 is 0. The van der Waals surface area contributed by atoms with Crippen molar-refractivity contribution >= 4 is 33.8 Å². The molecule has 4 rings (SSSR count). The zero-order chi connectivity index (χ0) is 17.9. The van der Waals surface area contributed by atoms with E-state index < -0.39 is 0 Å². The number of anilines is 1. The second kappa shape index (κ2) is 7.10. The number of fused-ring (bicyclic) bond motifs is 1. The lowest BCUT2D eigenvalue weighted by Crippen LogP contribution is -2.14. The van der Waals surface area contributed by atoms with Gasteiger partial charge in [-0.15, -0.1) is 11.3 Å². The van der Waals surface area contributed by atoms with Crippen LogP contribution < -0.4 is 5.32 Å². The third kappa shape index (κ3) is 3.51. The van der Waals surface area contributed by atoms with Gasteiger partial charge < -0.3 is 5.32 Å². The number of benzene rings is 2. The Morgan fingerprint density at radius 2 is 1.92 bits per heavy atom. The van der Waals surface area contributed by atoms with Gasteiger partial charge in [-0.05, 0) is 42.6 Å². The molecule has 0 bridgehead atoms. The normalized spacial score (nSPS) is 10.8. The largest absolute Gasteiger partial charge is 0.325 e. The average molecular weight is 358 g/mol. The van der Waals surface area contributed by atoms with Gasteiger partial charge in [-0.2, -0.15) is 0 Å². The zero-order valence-electron chi connectivity index (χ0n) is 14.4. The molecule has 0 fully saturated rings. The van der Waals surface area contributed by atoms with E-state index in [1.165, 1.54) is 5.56 Å². The van der Waals surface area contributed by atoms with E-state index in [1.807, 2.05) is 53.9 Å². The molecule has 0 aliphatic heterocycles. The molecule has 128 valence electrons. The number of para-hydroxylation sites is 1. The van der Waals surface area contributed by atoms with E-state index in [0.717, 1.165) is 32.7 Å². The van der Waals surface area contributed by atoms with Crippen molar-refractivity contribution in [2.45, 2.75) is 13.3 Å². The molecule has 0 aliphatic rings. The van der Waals surface area contributed by atoms with Crippen LogP contribution in [0.2, 0.25) is 0 Å². The number of carbonyl (C=O) groups is 1. The molecule has 0 radical (unpaired) electrons. The van der Waals surface area contributed by atoms with Crippen molar-refractivity contribution in [3.05, 3.63) is 82.6 Å². The fourth-order valence-electron chi connectivity index (χ4n) is 2.98. The first kappa shape index (κ1) is 16.5. The van der Waals surface area contributed by atoms with Crippen molar-refractivity contribution in [3.63, 3.8) is 0 Å². The van der Waals surface area contributed by atoms with Crippen molar-refractivity contribution in [2.24, 2.45) is 0 Å². The molecule has 26 heavy (non-hydrogen) atoms. The minimum absolute atomic E-state index is 0.0173. The molecule has 0 aliphatic carbocycles. The molecule has 2 heterocycles. The Hall–Kier alpha value is -2.98. The van der Waals surface area contributed by atoms with E-state index >= 15 is 0 Å². The van der Waals surface area contributed by atoms with Gasteiger partial charge in [-0.25, -0.2) is 4.98 Å². The summed E-state index contributed by atoms with van der Waals surface area (Å²) in [5.41, 5.74) is 4.73. The molecule has 0 atom stereocenters. The van der Waals surface area contributed by atoms with Gasteiger partial charge in [0.05, 0.1) is 23.3 Å². The first-order valence-corrected chi connectivity index (χ1v) is 9.36.